The molecule has 2 aromatic heterocycles. The lowest BCUT2D eigenvalue weighted by Crippen LogP contribution is -2.24. The van der Waals surface area contributed by atoms with Gasteiger partial charge < -0.3 is 9.72 Å². The van der Waals surface area contributed by atoms with Crippen LogP contribution in [0.2, 0.25) is 0 Å². The van der Waals surface area contributed by atoms with Crippen molar-refractivity contribution in [3.05, 3.63) is 53.0 Å². The van der Waals surface area contributed by atoms with E-state index in [1.165, 1.54) is 0 Å². The molecule has 26 heavy (non-hydrogen) atoms. The quantitative estimate of drug-likeness (QED) is 0.545. The van der Waals surface area contributed by atoms with Crippen LogP contribution in [0.15, 0.2) is 30.5 Å². The number of nitrogens with zero attached hydrogens (tertiary/aromatic N) is 2. The number of nitrogens with one attached hydrogen (secondary N) is 1. The Kier molecular flexibility index (Phi) is 4.93. The van der Waals surface area contributed by atoms with Gasteiger partial charge in [-0.15, -0.1) is 0 Å². The van der Waals surface area contributed by atoms with Crippen LogP contribution in [0.1, 0.15) is 40.7 Å². The SMILES string of the molecule is Cc1nn(C)c(C)c1CCC(=O)O[C@H](C)C(=O)c1c[nH]c2ccccc12. The van der Waals surface area contributed by atoms with E-state index < -0.39 is 6.10 Å². The molecule has 0 fully saturated rings. The van der Waals surface area contributed by atoms with Crippen molar-refractivity contribution in [1.29, 1.82) is 0 Å². The summed E-state index contributed by atoms with van der Waals surface area (Å²) in [6, 6.07) is 7.56. The molecule has 6 heteroatoms. The monoisotopic (exact) mass is 353 g/mol. The number of hydrogen-bond donors (Lipinski definition) is 1. The van der Waals surface area contributed by atoms with Gasteiger partial charge in [0, 0.05) is 41.8 Å². The van der Waals surface area contributed by atoms with Gasteiger partial charge in [-0.3, -0.25) is 14.3 Å². The van der Waals surface area contributed by atoms with Crippen LogP contribution < -0.4 is 0 Å². The molecule has 0 saturated heterocycles. The van der Waals surface area contributed by atoms with Crippen molar-refractivity contribution in [1.82, 2.24) is 14.8 Å². The van der Waals surface area contributed by atoms with Crippen molar-refractivity contribution in [2.45, 2.75) is 39.7 Å². The Morgan fingerprint density at radius 2 is 2.00 bits per heavy atom. The highest BCUT2D eigenvalue weighted by Crippen LogP contribution is 2.20. The average Bonchev–Trinajstić information content (AvgIpc) is 3.14. The van der Waals surface area contributed by atoms with E-state index in [9.17, 15) is 9.59 Å². The van der Waals surface area contributed by atoms with Gasteiger partial charge in [-0.25, -0.2) is 0 Å². The second-order valence-electron chi connectivity index (χ2n) is 6.52. The molecule has 0 bridgehead atoms. The zero-order valence-corrected chi connectivity index (χ0v) is 15.5. The molecule has 6 nitrogen and oxygen atoms in total. The number of fused-ring (bicyclic) bond motifs is 1. The first kappa shape index (κ1) is 17.9. The third kappa shape index (κ3) is 3.40. The van der Waals surface area contributed by atoms with Gasteiger partial charge >= 0.3 is 5.97 Å². The number of carbonyl (C=O) groups excluding carboxylic acids is 2. The summed E-state index contributed by atoms with van der Waals surface area (Å²) in [6.07, 6.45) is 1.62. The summed E-state index contributed by atoms with van der Waals surface area (Å²) in [5.41, 5.74) is 4.44. The van der Waals surface area contributed by atoms with Crippen LogP contribution in [0, 0.1) is 13.8 Å². The van der Waals surface area contributed by atoms with Crippen molar-refractivity contribution < 1.29 is 14.3 Å². The fourth-order valence-corrected chi connectivity index (χ4v) is 3.21. The second-order valence-corrected chi connectivity index (χ2v) is 6.52. The summed E-state index contributed by atoms with van der Waals surface area (Å²) < 4.78 is 7.17. The van der Waals surface area contributed by atoms with Crippen LogP contribution in [-0.4, -0.2) is 32.6 Å². The molecule has 0 spiro atoms. The summed E-state index contributed by atoms with van der Waals surface area (Å²) in [7, 11) is 1.88. The molecule has 0 unspecified atom stereocenters. The van der Waals surface area contributed by atoms with E-state index >= 15 is 0 Å². The number of rotatable bonds is 6. The Labute approximate surface area is 152 Å². The second kappa shape index (κ2) is 7.15. The molecule has 136 valence electrons. The summed E-state index contributed by atoms with van der Waals surface area (Å²) in [5, 5.41) is 5.18. The number of Topliss-reactive ketones (excluding diaryl/α,β-unsaturated/α-hetero) is 1. The normalized spacial score (nSPS) is 12.3. The molecule has 3 aromatic rings. The van der Waals surface area contributed by atoms with Gasteiger partial charge in [0.2, 0.25) is 5.78 Å². The first-order chi connectivity index (χ1) is 12.4. The van der Waals surface area contributed by atoms with Crippen LogP contribution >= 0.6 is 0 Å². The van der Waals surface area contributed by atoms with Crippen LogP contribution in [0.4, 0.5) is 0 Å². The first-order valence-corrected chi connectivity index (χ1v) is 8.67. The predicted octanol–water partition coefficient (Wildman–Crippen LogP) is 3.27. The highest BCUT2D eigenvalue weighted by Gasteiger charge is 2.22. The standard InChI is InChI=1S/C20H23N3O3/c1-12-15(13(2)23(4)22-12)9-10-19(24)26-14(3)20(25)17-11-21-18-8-6-5-7-16(17)18/h5-8,11,14,21H,9-10H2,1-4H3/t14-/m1/s1. The van der Waals surface area contributed by atoms with Crippen molar-refractivity contribution in [2.24, 2.45) is 7.05 Å². The van der Waals surface area contributed by atoms with Gasteiger partial charge in [0.15, 0.2) is 6.10 Å². The van der Waals surface area contributed by atoms with Crippen LogP contribution in [0.5, 0.6) is 0 Å². The molecule has 0 aliphatic carbocycles. The van der Waals surface area contributed by atoms with Crippen LogP contribution in [0.3, 0.4) is 0 Å². The highest BCUT2D eigenvalue weighted by molar-refractivity contribution is 6.10. The largest absolute Gasteiger partial charge is 0.454 e. The van der Waals surface area contributed by atoms with Gasteiger partial charge in [0.1, 0.15) is 0 Å². The Morgan fingerprint density at radius 1 is 1.27 bits per heavy atom. The van der Waals surface area contributed by atoms with E-state index in [4.69, 9.17) is 4.74 Å². The predicted molar refractivity (Wildman–Crippen MR) is 99.2 cm³/mol. The number of H-pyrrole nitrogens is 1. The van der Waals surface area contributed by atoms with E-state index in [1.807, 2.05) is 45.2 Å². The minimum Gasteiger partial charge on any atom is -0.454 e. The summed E-state index contributed by atoms with van der Waals surface area (Å²) in [5.74, 6) is -0.585. The Morgan fingerprint density at radius 3 is 2.69 bits per heavy atom. The van der Waals surface area contributed by atoms with Gasteiger partial charge in [-0.05, 0) is 38.8 Å². The van der Waals surface area contributed by atoms with Crippen molar-refractivity contribution >= 4 is 22.7 Å². The highest BCUT2D eigenvalue weighted by atomic mass is 16.5. The molecule has 0 amide bonds. The van der Waals surface area contributed by atoms with Gasteiger partial charge in [-0.2, -0.15) is 5.10 Å². The molecule has 0 radical (unpaired) electrons. The maximum Gasteiger partial charge on any atom is 0.306 e. The lowest BCUT2D eigenvalue weighted by atomic mass is 10.1. The minimum absolute atomic E-state index is 0.204. The number of para-hydroxylation sites is 1. The number of aromatic nitrogens is 3. The number of aryl methyl sites for hydroxylation is 2. The third-order valence-corrected chi connectivity index (χ3v) is 4.77. The number of aromatic amines is 1. The molecule has 1 N–H and O–H groups in total. The lowest BCUT2D eigenvalue weighted by Gasteiger charge is -2.12. The Bertz CT molecular complexity index is 968. The van der Waals surface area contributed by atoms with Crippen molar-refractivity contribution in [3.63, 3.8) is 0 Å². The zero-order chi connectivity index (χ0) is 18.8. The van der Waals surface area contributed by atoms with Crippen molar-refractivity contribution in [2.75, 3.05) is 0 Å². The Hall–Kier alpha value is -2.89. The number of benzene rings is 1. The maximum atomic E-state index is 12.6. The molecule has 1 atom stereocenters. The molecule has 3 rings (SSSR count). The number of esters is 1. The number of ether oxygens (including phenoxy) is 1. The van der Waals surface area contributed by atoms with Crippen LogP contribution in [0.25, 0.3) is 10.9 Å². The van der Waals surface area contributed by atoms with Crippen LogP contribution in [-0.2, 0) is 23.0 Å². The zero-order valence-electron chi connectivity index (χ0n) is 15.5. The molecule has 2 heterocycles. The van der Waals surface area contributed by atoms with E-state index in [0.29, 0.717) is 12.0 Å². The van der Waals surface area contributed by atoms with E-state index in [-0.39, 0.29) is 18.2 Å². The molecule has 0 aliphatic rings. The number of hydrogen-bond acceptors (Lipinski definition) is 4. The molecular weight excluding hydrogens is 330 g/mol. The van der Waals surface area contributed by atoms with E-state index in [1.54, 1.807) is 17.8 Å². The van der Waals surface area contributed by atoms with Gasteiger partial charge in [0.25, 0.3) is 0 Å². The number of ketones is 1. The molecule has 0 aliphatic heterocycles. The minimum atomic E-state index is -0.821. The topological polar surface area (TPSA) is 77.0 Å². The summed E-state index contributed by atoms with van der Waals surface area (Å²) in [4.78, 5) is 27.9. The fraction of sp³-hybridized carbons (Fsp3) is 0.350. The summed E-state index contributed by atoms with van der Waals surface area (Å²) >= 11 is 0. The molecule has 0 saturated carbocycles. The first-order valence-electron chi connectivity index (χ1n) is 8.67. The van der Waals surface area contributed by atoms with Crippen molar-refractivity contribution in [3.8, 4) is 0 Å². The smallest absolute Gasteiger partial charge is 0.306 e. The third-order valence-electron chi connectivity index (χ3n) is 4.77. The molecule has 1 aromatic carbocycles. The van der Waals surface area contributed by atoms with E-state index in [2.05, 4.69) is 10.1 Å². The molecular formula is C20H23N3O3. The Balaban J connectivity index is 1.63. The lowest BCUT2D eigenvalue weighted by molar-refractivity contribution is -0.146. The fourth-order valence-electron chi connectivity index (χ4n) is 3.21. The number of carbonyl (C=O) groups is 2. The van der Waals surface area contributed by atoms with Gasteiger partial charge in [-0.1, -0.05) is 18.2 Å². The summed E-state index contributed by atoms with van der Waals surface area (Å²) in [6.45, 7) is 5.52. The van der Waals surface area contributed by atoms with Gasteiger partial charge in [0.05, 0.1) is 5.69 Å². The van der Waals surface area contributed by atoms with E-state index in [0.717, 1.165) is 27.9 Å². The average molecular weight is 353 g/mol. The maximum absolute atomic E-state index is 12.6.